The molecule has 0 spiro atoms. The Hall–Kier alpha value is -2.59. The number of fused-ring (bicyclic) bond motifs is 4. The van der Waals surface area contributed by atoms with Crippen molar-refractivity contribution >= 4 is 57.2 Å². The molecule has 2 bridgehead atoms. The third-order valence-electron chi connectivity index (χ3n) is 7.71. The van der Waals surface area contributed by atoms with Crippen molar-refractivity contribution in [2.24, 2.45) is 5.92 Å². The van der Waals surface area contributed by atoms with E-state index < -0.39 is 11.9 Å². The highest BCUT2D eigenvalue weighted by Gasteiger charge is 2.56. The number of carbonyl (C=O) groups is 2. The van der Waals surface area contributed by atoms with Gasteiger partial charge in [-0.1, -0.05) is 11.6 Å². The summed E-state index contributed by atoms with van der Waals surface area (Å²) in [6, 6.07) is 1.69. The van der Waals surface area contributed by atoms with Gasteiger partial charge in [-0.15, -0.1) is 11.8 Å². The molecule has 7 rings (SSSR count). The maximum absolute atomic E-state index is 15.1. The first kappa shape index (κ1) is 21.9. The van der Waals surface area contributed by atoms with Crippen LogP contribution in [0.3, 0.4) is 0 Å². The van der Waals surface area contributed by atoms with Crippen LogP contribution < -0.4 is 0 Å². The molecule has 3 aliphatic heterocycles. The molecule has 1 saturated carbocycles. The van der Waals surface area contributed by atoms with Crippen LogP contribution in [-0.4, -0.2) is 66.8 Å². The van der Waals surface area contributed by atoms with E-state index in [4.69, 9.17) is 11.6 Å². The largest absolute Gasteiger partial charge is 0.465 e. The molecule has 3 aromatic heterocycles. The van der Waals surface area contributed by atoms with E-state index in [9.17, 15) is 14.7 Å². The lowest BCUT2D eigenvalue weighted by molar-refractivity contribution is -0.129. The molecule has 3 aromatic rings. The zero-order valence-electron chi connectivity index (χ0n) is 18.7. The summed E-state index contributed by atoms with van der Waals surface area (Å²) in [5.41, 5.74) is 1.89. The van der Waals surface area contributed by atoms with Crippen LogP contribution in [0.25, 0.3) is 21.8 Å². The SMILES string of the molecule is CSc1nc2c(F)c(Cl)ncc2c2c1cc(C1CCCN1C(C)=O)n2[C@H]1[C@@H]2C[C@H]1N(C(=O)O)C2. The van der Waals surface area contributed by atoms with Gasteiger partial charge in [-0.25, -0.2) is 19.2 Å². The summed E-state index contributed by atoms with van der Waals surface area (Å²) in [5.74, 6) is -0.495. The fourth-order valence-electron chi connectivity index (χ4n) is 6.26. The van der Waals surface area contributed by atoms with Crippen LogP contribution in [0.15, 0.2) is 17.3 Å². The van der Waals surface area contributed by atoms with Gasteiger partial charge >= 0.3 is 6.09 Å². The minimum atomic E-state index is -0.921. The highest BCUT2D eigenvalue weighted by molar-refractivity contribution is 7.98. The number of carbonyl (C=O) groups excluding carboxylic acids is 1. The number of halogens is 2. The number of hydrogen-bond donors (Lipinski definition) is 1. The molecule has 34 heavy (non-hydrogen) atoms. The van der Waals surface area contributed by atoms with Gasteiger partial charge in [0.1, 0.15) is 10.5 Å². The lowest BCUT2D eigenvalue weighted by Gasteiger charge is -2.40. The number of nitrogens with zero attached hydrogens (tertiary/aromatic N) is 5. The Labute approximate surface area is 204 Å². The molecule has 6 heterocycles. The second kappa shape index (κ2) is 7.71. The number of likely N-dealkylation sites (tertiary alicyclic amines) is 1. The lowest BCUT2D eigenvalue weighted by Crippen LogP contribution is -2.43. The minimum Gasteiger partial charge on any atom is -0.465 e. The molecule has 1 unspecified atom stereocenters. The quantitative estimate of drug-likeness (QED) is 0.411. The zero-order valence-corrected chi connectivity index (χ0v) is 20.2. The van der Waals surface area contributed by atoms with Gasteiger partial charge in [-0.05, 0) is 31.6 Å². The Morgan fingerprint density at radius 2 is 2.09 bits per heavy atom. The Bertz CT molecular complexity index is 1380. The van der Waals surface area contributed by atoms with Crippen LogP contribution in [0.5, 0.6) is 0 Å². The van der Waals surface area contributed by atoms with Gasteiger partial charge in [-0.3, -0.25) is 4.79 Å². The van der Waals surface area contributed by atoms with E-state index in [0.29, 0.717) is 23.5 Å². The Balaban J connectivity index is 1.67. The highest BCUT2D eigenvalue weighted by Crippen LogP contribution is 2.53. The molecule has 4 aliphatic rings. The molecular weight excluding hydrogens is 481 g/mol. The van der Waals surface area contributed by atoms with E-state index in [0.717, 1.165) is 35.9 Å². The Morgan fingerprint density at radius 3 is 2.76 bits per heavy atom. The molecule has 1 aliphatic carbocycles. The molecule has 0 aromatic carbocycles. The first-order valence-corrected chi connectivity index (χ1v) is 12.9. The van der Waals surface area contributed by atoms with Crippen LogP contribution in [0, 0.1) is 11.7 Å². The van der Waals surface area contributed by atoms with Crippen molar-refractivity contribution in [2.75, 3.05) is 19.3 Å². The summed E-state index contributed by atoms with van der Waals surface area (Å²) >= 11 is 7.41. The third kappa shape index (κ3) is 2.90. The van der Waals surface area contributed by atoms with Gasteiger partial charge < -0.3 is 19.5 Å². The molecule has 11 heteroatoms. The first-order chi connectivity index (χ1) is 16.3. The van der Waals surface area contributed by atoms with E-state index in [1.165, 1.54) is 16.7 Å². The van der Waals surface area contributed by atoms with Crippen molar-refractivity contribution < 1.29 is 19.1 Å². The van der Waals surface area contributed by atoms with Gasteiger partial charge in [0.05, 0.1) is 23.6 Å². The monoisotopic (exact) mass is 503 g/mol. The maximum Gasteiger partial charge on any atom is 0.407 e. The van der Waals surface area contributed by atoms with Crippen molar-refractivity contribution in [3.05, 3.63) is 28.9 Å². The highest BCUT2D eigenvalue weighted by atomic mass is 35.5. The third-order valence-corrected chi connectivity index (χ3v) is 8.67. The van der Waals surface area contributed by atoms with E-state index >= 15 is 4.39 Å². The summed E-state index contributed by atoms with van der Waals surface area (Å²) in [7, 11) is 0. The summed E-state index contributed by atoms with van der Waals surface area (Å²) in [4.78, 5) is 36.4. The summed E-state index contributed by atoms with van der Waals surface area (Å²) in [5, 5.41) is 11.6. The molecule has 3 saturated heterocycles. The van der Waals surface area contributed by atoms with Crippen molar-refractivity contribution in [2.45, 2.75) is 49.3 Å². The van der Waals surface area contributed by atoms with Gasteiger partial charge in [-0.2, -0.15) is 0 Å². The van der Waals surface area contributed by atoms with Gasteiger partial charge in [0, 0.05) is 48.6 Å². The fourth-order valence-corrected chi connectivity index (χ4v) is 6.96. The topological polar surface area (TPSA) is 91.6 Å². The van der Waals surface area contributed by atoms with Gasteiger partial charge in [0.2, 0.25) is 5.91 Å². The van der Waals surface area contributed by atoms with Crippen molar-refractivity contribution in [1.82, 2.24) is 24.3 Å². The average molecular weight is 504 g/mol. The number of pyridine rings is 2. The lowest BCUT2D eigenvalue weighted by atomic mass is 9.79. The molecule has 2 amide bonds. The van der Waals surface area contributed by atoms with Crippen molar-refractivity contribution in [1.29, 1.82) is 0 Å². The predicted molar refractivity (Wildman–Crippen MR) is 127 cm³/mol. The van der Waals surface area contributed by atoms with Gasteiger partial charge in [0.15, 0.2) is 11.0 Å². The number of hydrogen-bond acceptors (Lipinski definition) is 5. The molecule has 4 atom stereocenters. The van der Waals surface area contributed by atoms with E-state index in [-0.39, 0.29) is 40.6 Å². The van der Waals surface area contributed by atoms with Crippen molar-refractivity contribution in [3.63, 3.8) is 0 Å². The zero-order chi connectivity index (χ0) is 23.9. The normalized spacial score (nSPS) is 26.0. The molecule has 178 valence electrons. The van der Waals surface area contributed by atoms with Crippen LogP contribution in [-0.2, 0) is 4.79 Å². The Morgan fingerprint density at radius 1 is 1.29 bits per heavy atom. The second-order valence-corrected chi connectivity index (χ2v) is 10.5. The van der Waals surface area contributed by atoms with Crippen LogP contribution in [0.2, 0.25) is 5.15 Å². The molecule has 4 fully saturated rings. The van der Waals surface area contributed by atoms with Crippen LogP contribution >= 0.6 is 23.4 Å². The minimum absolute atomic E-state index is 0.00983. The average Bonchev–Trinajstić information content (AvgIpc) is 3.57. The first-order valence-electron chi connectivity index (χ1n) is 11.3. The molecular formula is C23H23ClFN5O3S. The number of thioether (sulfide) groups is 1. The van der Waals surface area contributed by atoms with Crippen molar-refractivity contribution in [3.8, 4) is 0 Å². The smallest absolute Gasteiger partial charge is 0.407 e. The van der Waals surface area contributed by atoms with Gasteiger partial charge in [0.25, 0.3) is 0 Å². The summed E-state index contributed by atoms with van der Waals surface area (Å²) < 4.78 is 17.2. The summed E-state index contributed by atoms with van der Waals surface area (Å²) in [6.07, 6.45) is 5.03. The van der Waals surface area contributed by atoms with E-state index in [2.05, 4.69) is 20.6 Å². The number of amides is 2. The number of carboxylic acid groups (broad SMARTS) is 1. The van der Waals surface area contributed by atoms with Crippen LogP contribution in [0.4, 0.5) is 9.18 Å². The second-order valence-electron chi connectivity index (χ2n) is 9.31. The van der Waals surface area contributed by atoms with E-state index in [1.54, 1.807) is 13.1 Å². The standard InChI is InChI=1S/C23H23ClFN5O3S/c1-10(31)28-5-3-4-14(28)15-7-12-20(30(15)19-11-6-16(19)29(9-11)23(32)33)13-8-26-21(24)17(25)18(13)27-22(12)34-2/h7-8,11,14,16,19H,3-6,9H2,1-2H3,(H,32,33)/t11-,14?,16-,19+/m1/s1. The number of rotatable bonds is 3. The van der Waals surface area contributed by atoms with E-state index in [1.807, 2.05) is 11.2 Å². The summed E-state index contributed by atoms with van der Waals surface area (Å²) in [6.45, 7) is 2.73. The maximum atomic E-state index is 15.1. The molecule has 1 N–H and O–H groups in total. The van der Waals surface area contributed by atoms with Crippen LogP contribution in [0.1, 0.15) is 44.0 Å². The Kier molecular flexibility index (Phi) is 4.97. The molecule has 8 nitrogen and oxygen atoms in total. The fraction of sp³-hybridized carbons (Fsp3) is 0.478. The predicted octanol–water partition coefficient (Wildman–Crippen LogP) is 4.71. The molecule has 0 radical (unpaired) electrons. The number of aromatic nitrogens is 3.